The van der Waals surface area contributed by atoms with Crippen LogP contribution in [0.1, 0.15) is 11.3 Å². The fraction of sp³-hybridized carbons (Fsp3) is 0.100. The molecular weight excluding hydrogens is 488 g/mol. The summed E-state index contributed by atoms with van der Waals surface area (Å²) < 4.78 is 11.2. The molecule has 0 spiro atoms. The number of nitrogens with one attached hydrogen (secondary N) is 1. The van der Waals surface area contributed by atoms with E-state index in [1.54, 1.807) is 23.7 Å². The van der Waals surface area contributed by atoms with Gasteiger partial charge in [0.25, 0.3) is 17.5 Å². The molecule has 1 N–H and O–H groups in total. The van der Waals surface area contributed by atoms with Crippen LogP contribution in [0.25, 0.3) is 6.08 Å². The fourth-order valence-electron chi connectivity index (χ4n) is 2.81. The Bertz CT molecular complexity index is 1240. The summed E-state index contributed by atoms with van der Waals surface area (Å²) >= 11 is 7.63. The molecule has 1 fully saturated rings. The number of rotatable bonds is 8. The average molecular weight is 503 g/mol. The van der Waals surface area contributed by atoms with Crippen LogP contribution in [0.4, 0.5) is 10.8 Å². The van der Waals surface area contributed by atoms with E-state index in [1.807, 2.05) is 0 Å². The molecule has 0 radical (unpaired) electrons. The minimum absolute atomic E-state index is 0.171. The smallest absolute Gasteiger partial charge is 0.270 e. The zero-order valence-corrected chi connectivity index (χ0v) is 19.1. The highest BCUT2D eigenvalue weighted by Crippen LogP contribution is 2.36. The van der Waals surface area contributed by atoms with Crippen molar-refractivity contribution in [3.63, 3.8) is 0 Å². The molecule has 13 heteroatoms. The van der Waals surface area contributed by atoms with Gasteiger partial charge in [-0.05, 0) is 24.3 Å². The Morgan fingerprint density at radius 3 is 2.94 bits per heavy atom. The van der Waals surface area contributed by atoms with Crippen LogP contribution >= 0.6 is 35.3 Å². The summed E-state index contributed by atoms with van der Waals surface area (Å²) in [6, 6.07) is 7.34. The number of nitro benzene ring substituents is 1. The van der Waals surface area contributed by atoms with Crippen molar-refractivity contribution in [2.75, 3.05) is 11.9 Å². The van der Waals surface area contributed by atoms with Crippen molar-refractivity contribution in [3.05, 3.63) is 74.5 Å². The SMILES string of the molecule is O=C(COc1ccc([N+](=O)[O-])cc1/C=C1\SC(=S)N(Cc2ccco2)C1=O)Nc1nccs1. The lowest BCUT2D eigenvalue weighted by atomic mass is 10.1. The first-order chi connectivity index (χ1) is 15.9. The second kappa shape index (κ2) is 9.94. The number of thiazole rings is 1. The number of thiocarbonyl (C=S) groups is 1. The van der Waals surface area contributed by atoms with Crippen LogP contribution in [-0.4, -0.2) is 37.5 Å². The molecule has 0 atom stereocenters. The maximum atomic E-state index is 12.9. The quantitative estimate of drug-likeness (QED) is 0.210. The van der Waals surface area contributed by atoms with Gasteiger partial charge in [-0.3, -0.25) is 29.9 Å². The molecule has 2 amide bonds. The third-order valence-corrected chi connectivity index (χ3v) is 6.36. The first kappa shape index (κ1) is 22.6. The minimum atomic E-state index is -0.557. The van der Waals surface area contributed by atoms with Gasteiger partial charge in [-0.2, -0.15) is 0 Å². The van der Waals surface area contributed by atoms with E-state index in [9.17, 15) is 19.7 Å². The van der Waals surface area contributed by atoms with Gasteiger partial charge in [0.05, 0.1) is 22.6 Å². The molecule has 1 saturated heterocycles. The zero-order valence-electron chi connectivity index (χ0n) is 16.6. The van der Waals surface area contributed by atoms with E-state index in [-0.39, 0.29) is 41.0 Å². The van der Waals surface area contributed by atoms with Crippen LogP contribution in [0.5, 0.6) is 5.75 Å². The van der Waals surface area contributed by atoms with Crippen molar-refractivity contribution < 1.29 is 23.7 Å². The molecule has 0 saturated carbocycles. The molecule has 0 unspecified atom stereocenters. The molecule has 3 aromatic rings. The number of non-ortho nitro benzene ring substituents is 1. The van der Waals surface area contributed by atoms with Crippen LogP contribution in [0.2, 0.25) is 0 Å². The van der Waals surface area contributed by atoms with Gasteiger partial charge >= 0.3 is 0 Å². The number of amides is 2. The molecule has 33 heavy (non-hydrogen) atoms. The highest BCUT2D eigenvalue weighted by molar-refractivity contribution is 8.26. The summed E-state index contributed by atoms with van der Waals surface area (Å²) in [6.07, 6.45) is 4.51. The number of carbonyl (C=O) groups excluding carboxylic acids is 2. The number of hydrogen-bond acceptors (Lipinski definition) is 10. The van der Waals surface area contributed by atoms with Gasteiger partial charge in [-0.1, -0.05) is 24.0 Å². The minimum Gasteiger partial charge on any atom is -0.483 e. The van der Waals surface area contributed by atoms with Crippen molar-refractivity contribution in [1.29, 1.82) is 0 Å². The number of ether oxygens (including phenoxy) is 1. The van der Waals surface area contributed by atoms with Crippen molar-refractivity contribution in [1.82, 2.24) is 9.88 Å². The molecule has 1 aromatic carbocycles. The van der Waals surface area contributed by atoms with E-state index in [2.05, 4.69) is 10.3 Å². The van der Waals surface area contributed by atoms with Crippen LogP contribution < -0.4 is 10.1 Å². The Morgan fingerprint density at radius 2 is 2.24 bits per heavy atom. The Morgan fingerprint density at radius 1 is 1.39 bits per heavy atom. The number of nitro groups is 1. The summed E-state index contributed by atoms with van der Waals surface area (Å²) in [7, 11) is 0. The Balaban J connectivity index is 1.55. The third kappa shape index (κ3) is 5.45. The average Bonchev–Trinajstić information content (AvgIpc) is 3.53. The van der Waals surface area contributed by atoms with E-state index in [0.29, 0.717) is 15.2 Å². The van der Waals surface area contributed by atoms with E-state index in [1.165, 1.54) is 46.8 Å². The van der Waals surface area contributed by atoms with E-state index in [4.69, 9.17) is 21.4 Å². The summed E-state index contributed by atoms with van der Waals surface area (Å²) in [6.45, 7) is -0.179. The first-order valence-corrected chi connectivity index (χ1v) is 11.4. The zero-order chi connectivity index (χ0) is 23.4. The number of hydrogen-bond donors (Lipinski definition) is 1. The largest absolute Gasteiger partial charge is 0.483 e. The van der Waals surface area contributed by atoms with Crippen LogP contribution in [0.3, 0.4) is 0 Å². The second-order valence-electron chi connectivity index (χ2n) is 6.50. The molecule has 0 aliphatic carbocycles. The molecule has 4 rings (SSSR count). The van der Waals surface area contributed by atoms with Crippen LogP contribution in [0.15, 0.2) is 57.5 Å². The van der Waals surface area contributed by atoms with E-state index in [0.717, 1.165) is 11.8 Å². The van der Waals surface area contributed by atoms with Gasteiger partial charge < -0.3 is 9.15 Å². The van der Waals surface area contributed by atoms with Gasteiger partial charge in [0.2, 0.25) is 0 Å². The summed E-state index contributed by atoms with van der Waals surface area (Å²) in [4.78, 5) is 41.3. The van der Waals surface area contributed by atoms with Gasteiger partial charge in [-0.15, -0.1) is 11.3 Å². The summed E-state index contributed by atoms with van der Waals surface area (Å²) in [5, 5.41) is 16.0. The second-order valence-corrected chi connectivity index (χ2v) is 9.07. The van der Waals surface area contributed by atoms with Crippen molar-refractivity contribution in [2.45, 2.75) is 6.54 Å². The maximum absolute atomic E-state index is 12.9. The maximum Gasteiger partial charge on any atom is 0.270 e. The van der Waals surface area contributed by atoms with Gasteiger partial charge in [0.15, 0.2) is 11.7 Å². The molecule has 0 bridgehead atoms. The topological polar surface area (TPSA) is 128 Å². The standard InChI is InChI=1S/C20H14N4O6S3/c25-17(22-19-21-5-7-32-19)11-30-15-4-3-13(24(27)28)8-12(15)9-16-18(26)23(20(31)33-16)10-14-2-1-6-29-14/h1-9H,10-11H2,(H,21,22,25)/b16-9-. The Hall–Kier alpha value is -3.55. The van der Waals surface area contributed by atoms with Crippen LogP contribution in [0, 0.1) is 10.1 Å². The predicted octanol–water partition coefficient (Wildman–Crippen LogP) is 4.06. The number of aromatic nitrogens is 1. The van der Waals surface area contributed by atoms with Gasteiger partial charge in [0.1, 0.15) is 15.8 Å². The van der Waals surface area contributed by atoms with Gasteiger partial charge in [-0.25, -0.2) is 4.98 Å². The number of anilines is 1. The fourth-order valence-corrected chi connectivity index (χ4v) is 4.60. The molecular formula is C20H14N4O6S3. The molecule has 2 aromatic heterocycles. The summed E-state index contributed by atoms with van der Waals surface area (Å²) in [5.41, 5.74) is 0.0802. The lowest BCUT2D eigenvalue weighted by Gasteiger charge is -2.12. The van der Waals surface area contributed by atoms with Gasteiger partial charge in [0, 0.05) is 29.3 Å². The lowest BCUT2D eigenvalue weighted by Crippen LogP contribution is -2.27. The van der Waals surface area contributed by atoms with Crippen LogP contribution in [-0.2, 0) is 16.1 Å². The lowest BCUT2D eigenvalue weighted by molar-refractivity contribution is -0.384. The number of thioether (sulfide) groups is 1. The number of nitrogens with zero attached hydrogens (tertiary/aromatic N) is 3. The number of carbonyl (C=O) groups is 2. The predicted molar refractivity (Wildman–Crippen MR) is 127 cm³/mol. The Labute approximate surface area is 200 Å². The monoisotopic (exact) mass is 502 g/mol. The summed E-state index contributed by atoms with van der Waals surface area (Å²) in [5.74, 6) is -0.0382. The number of benzene rings is 1. The van der Waals surface area contributed by atoms with Crippen molar-refractivity contribution in [3.8, 4) is 5.75 Å². The Kier molecular flexibility index (Phi) is 6.82. The molecule has 10 nitrogen and oxygen atoms in total. The van der Waals surface area contributed by atoms with Crippen molar-refractivity contribution >= 4 is 68.3 Å². The molecule has 3 heterocycles. The molecule has 168 valence electrons. The van der Waals surface area contributed by atoms with E-state index >= 15 is 0 Å². The molecule has 1 aliphatic heterocycles. The highest BCUT2D eigenvalue weighted by Gasteiger charge is 2.33. The van der Waals surface area contributed by atoms with Crippen molar-refractivity contribution in [2.24, 2.45) is 0 Å². The normalized spacial score (nSPS) is 14.7. The number of furan rings is 1. The molecule has 1 aliphatic rings. The third-order valence-electron chi connectivity index (χ3n) is 4.30. The van der Waals surface area contributed by atoms with E-state index < -0.39 is 10.8 Å². The first-order valence-electron chi connectivity index (χ1n) is 9.29. The highest BCUT2D eigenvalue weighted by atomic mass is 32.2.